The van der Waals surface area contributed by atoms with E-state index in [1.807, 2.05) is 6.92 Å². The molecule has 10 nitrogen and oxygen atoms in total. The molecule has 3 aromatic rings. The molecule has 0 spiro atoms. The first-order valence-electron chi connectivity index (χ1n) is 10.0. The molecule has 0 bridgehead atoms. The second kappa shape index (κ2) is 10.6. The Morgan fingerprint density at radius 3 is 2.24 bits per heavy atom. The highest BCUT2D eigenvalue weighted by Gasteiger charge is 2.15. The maximum Gasteiger partial charge on any atom is 0.343 e. The number of anilines is 1. The van der Waals surface area contributed by atoms with Crippen LogP contribution in [0.5, 0.6) is 5.75 Å². The summed E-state index contributed by atoms with van der Waals surface area (Å²) >= 11 is 0. The second-order valence-corrected chi connectivity index (χ2v) is 7.19. The lowest BCUT2D eigenvalue weighted by molar-refractivity contribution is -0.384. The molecule has 0 aliphatic heterocycles. The zero-order valence-electron chi connectivity index (χ0n) is 18.3. The maximum absolute atomic E-state index is 12.5. The average molecular weight is 460 g/mol. The van der Waals surface area contributed by atoms with Gasteiger partial charge in [-0.15, -0.1) is 0 Å². The van der Waals surface area contributed by atoms with Crippen molar-refractivity contribution >= 4 is 35.4 Å². The first kappa shape index (κ1) is 23.8. The number of nitrogens with one attached hydrogen (secondary N) is 2. The van der Waals surface area contributed by atoms with Crippen molar-refractivity contribution in [2.24, 2.45) is 5.10 Å². The summed E-state index contributed by atoms with van der Waals surface area (Å²) in [6.07, 6.45) is 1.15. The van der Waals surface area contributed by atoms with Crippen LogP contribution < -0.4 is 15.5 Å². The van der Waals surface area contributed by atoms with Gasteiger partial charge in [-0.1, -0.05) is 17.7 Å². The summed E-state index contributed by atoms with van der Waals surface area (Å²) in [6, 6.07) is 16.5. The lowest BCUT2D eigenvalue weighted by Gasteiger charge is -2.08. The molecule has 10 heteroatoms. The number of nitro benzene ring substituents is 1. The van der Waals surface area contributed by atoms with Crippen LogP contribution in [-0.2, 0) is 4.79 Å². The van der Waals surface area contributed by atoms with Gasteiger partial charge in [-0.3, -0.25) is 19.7 Å². The number of benzene rings is 3. The first-order chi connectivity index (χ1) is 16.2. The predicted molar refractivity (Wildman–Crippen MR) is 125 cm³/mol. The summed E-state index contributed by atoms with van der Waals surface area (Å²) in [5, 5.41) is 17.6. The van der Waals surface area contributed by atoms with Crippen LogP contribution in [0.1, 0.15) is 38.8 Å². The van der Waals surface area contributed by atoms with Crippen molar-refractivity contribution < 1.29 is 24.0 Å². The van der Waals surface area contributed by atoms with E-state index in [1.165, 1.54) is 37.3 Å². The summed E-state index contributed by atoms with van der Waals surface area (Å²) in [5.74, 6) is -1.40. The minimum atomic E-state index is -0.646. The summed E-state index contributed by atoms with van der Waals surface area (Å²) in [5.41, 5.74) is 4.28. The molecular weight excluding hydrogens is 440 g/mol. The van der Waals surface area contributed by atoms with Gasteiger partial charge in [-0.25, -0.2) is 10.2 Å². The van der Waals surface area contributed by atoms with E-state index in [9.17, 15) is 24.5 Å². The zero-order valence-corrected chi connectivity index (χ0v) is 18.3. The number of carbonyl (C=O) groups is 3. The molecule has 0 saturated heterocycles. The molecular formula is C24H20N4O6. The van der Waals surface area contributed by atoms with Gasteiger partial charge in [0.15, 0.2) is 0 Å². The monoisotopic (exact) mass is 460 g/mol. The largest absolute Gasteiger partial charge is 0.422 e. The fraction of sp³-hybridized carbons (Fsp3) is 0.0833. The number of esters is 1. The summed E-state index contributed by atoms with van der Waals surface area (Å²) in [6.45, 7) is 3.25. The van der Waals surface area contributed by atoms with E-state index in [0.29, 0.717) is 11.3 Å². The van der Waals surface area contributed by atoms with Gasteiger partial charge in [-0.05, 0) is 49.4 Å². The van der Waals surface area contributed by atoms with Gasteiger partial charge in [-0.2, -0.15) is 5.10 Å². The molecule has 3 rings (SSSR count). The number of non-ortho nitro benzene ring substituents is 1. The molecule has 2 amide bonds. The lowest BCUT2D eigenvalue weighted by Crippen LogP contribution is -2.18. The number of rotatable bonds is 7. The number of nitro groups is 1. The minimum absolute atomic E-state index is 0.0360. The maximum atomic E-state index is 12.5. The van der Waals surface area contributed by atoms with E-state index in [4.69, 9.17) is 4.74 Å². The highest BCUT2D eigenvalue weighted by Crippen LogP contribution is 2.24. The minimum Gasteiger partial charge on any atom is -0.422 e. The van der Waals surface area contributed by atoms with Crippen LogP contribution >= 0.6 is 0 Å². The summed E-state index contributed by atoms with van der Waals surface area (Å²) < 4.78 is 5.39. The third-order valence-corrected chi connectivity index (χ3v) is 4.53. The molecule has 0 atom stereocenters. The number of carbonyl (C=O) groups excluding carboxylic acids is 3. The Hall–Kier alpha value is -4.86. The fourth-order valence-corrected chi connectivity index (χ4v) is 2.82. The molecule has 0 heterocycles. The number of amides is 2. The van der Waals surface area contributed by atoms with Crippen molar-refractivity contribution in [3.05, 3.63) is 99.1 Å². The number of nitrogens with zero attached hydrogens (tertiary/aromatic N) is 2. The normalized spacial score (nSPS) is 10.5. The van der Waals surface area contributed by atoms with Gasteiger partial charge in [0.2, 0.25) is 5.91 Å². The first-order valence-corrected chi connectivity index (χ1v) is 10.0. The van der Waals surface area contributed by atoms with Gasteiger partial charge in [0.25, 0.3) is 11.6 Å². The molecule has 3 aromatic carbocycles. The van der Waals surface area contributed by atoms with E-state index in [1.54, 1.807) is 36.4 Å². The van der Waals surface area contributed by atoms with Crippen LogP contribution in [-0.4, -0.2) is 28.9 Å². The smallest absolute Gasteiger partial charge is 0.343 e. The Morgan fingerprint density at radius 2 is 1.62 bits per heavy atom. The Bertz CT molecular complexity index is 1270. The molecule has 0 aromatic heterocycles. The number of hydrogen-bond donors (Lipinski definition) is 2. The van der Waals surface area contributed by atoms with Crippen LogP contribution in [0.2, 0.25) is 0 Å². The Kier molecular flexibility index (Phi) is 7.45. The molecule has 0 saturated carbocycles. The van der Waals surface area contributed by atoms with E-state index in [-0.39, 0.29) is 28.5 Å². The SMILES string of the molecule is CC(=O)Nc1ccc(C(=O)N/N=C/c2cc([N+](=O)[O-])ccc2OC(=O)c2ccc(C)cc2)cc1. The number of hydrazone groups is 1. The highest BCUT2D eigenvalue weighted by molar-refractivity contribution is 5.97. The molecule has 172 valence electrons. The predicted octanol–water partition coefficient (Wildman–Crippen LogP) is 3.84. The highest BCUT2D eigenvalue weighted by atomic mass is 16.6. The van der Waals surface area contributed by atoms with Gasteiger partial charge >= 0.3 is 5.97 Å². The average Bonchev–Trinajstić information content (AvgIpc) is 2.80. The van der Waals surface area contributed by atoms with Gasteiger partial charge < -0.3 is 10.1 Å². The Labute approximate surface area is 194 Å². The van der Waals surface area contributed by atoms with Crippen LogP contribution in [0.25, 0.3) is 0 Å². The van der Waals surface area contributed by atoms with E-state index < -0.39 is 16.8 Å². The molecule has 0 fully saturated rings. The van der Waals surface area contributed by atoms with E-state index >= 15 is 0 Å². The molecule has 2 N–H and O–H groups in total. The standard InChI is InChI=1S/C24H20N4O6/c1-15-3-5-18(6-4-15)24(31)34-22-12-11-21(28(32)33)13-19(22)14-25-27-23(30)17-7-9-20(10-8-17)26-16(2)29/h3-14H,1-2H3,(H,26,29)(H,27,30)/b25-14+. The molecule has 34 heavy (non-hydrogen) atoms. The van der Waals surface area contributed by atoms with Gasteiger partial charge in [0, 0.05) is 35.9 Å². The van der Waals surface area contributed by atoms with Crippen molar-refractivity contribution in [2.45, 2.75) is 13.8 Å². The number of ether oxygens (including phenoxy) is 1. The Morgan fingerprint density at radius 1 is 0.971 bits per heavy atom. The van der Waals surface area contributed by atoms with Crippen LogP contribution in [0.3, 0.4) is 0 Å². The van der Waals surface area contributed by atoms with Crippen molar-refractivity contribution in [1.29, 1.82) is 0 Å². The molecule has 0 unspecified atom stereocenters. The lowest BCUT2D eigenvalue weighted by atomic mass is 10.1. The van der Waals surface area contributed by atoms with Gasteiger partial charge in [0.05, 0.1) is 16.7 Å². The number of hydrogen-bond acceptors (Lipinski definition) is 7. The van der Waals surface area contributed by atoms with E-state index in [2.05, 4.69) is 15.8 Å². The van der Waals surface area contributed by atoms with E-state index in [0.717, 1.165) is 11.8 Å². The Balaban J connectivity index is 1.76. The van der Waals surface area contributed by atoms with Crippen molar-refractivity contribution in [2.75, 3.05) is 5.32 Å². The summed E-state index contributed by atoms with van der Waals surface area (Å²) in [4.78, 5) is 46.4. The molecule has 0 aliphatic rings. The fourth-order valence-electron chi connectivity index (χ4n) is 2.82. The van der Waals surface area contributed by atoms with Crippen LogP contribution in [0.4, 0.5) is 11.4 Å². The van der Waals surface area contributed by atoms with Crippen molar-refractivity contribution in [1.82, 2.24) is 5.43 Å². The van der Waals surface area contributed by atoms with Crippen LogP contribution in [0, 0.1) is 17.0 Å². The molecule has 0 aliphatic carbocycles. The number of aryl methyl sites for hydroxylation is 1. The zero-order chi connectivity index (χ0) is 24.7. The van der Waals surface area contributed by atoms with Crippen LogP contribution in [0.15, 0.2) is 71.8 Å². The quantitative estimate of drug-likeness (QED) is 0.180. The van der Waals surface area contributed by atoms with Gasteiger partial charge in [0.1, 0.15) is 5.75 Å². The third kappa shape index (κ3) is 6.33. The van der Waals surface area contributed by atoms with Crippen molar-refractivity contribution in [3.8, 4) is 5.75 Å². The summed E-state index contributed by atoms with van der Waals surface area (Å²) in [7, 11) is 0. The topological polar surface area (TPSA) is 140 Å². The third-order valence-electron chi connectivity index (χ3n) is 4.53. The second-order valence-electron chi connectivity index (χ2n) is 7.19. The molecule has 0 radical (unpaired) electrons. The van der Waals surface area contributed by atoms with Crippen molar-refractivity contribution in [3.63, 3.8) is 0 Å².